The van der Waals surface area contributed by atoms with Gasteiger partial charge in [0.05, 0.1) is 17.6 Å². The van der Waals surface area contributed by atoms with Crippen LogP contribution in [0.3, 0.4) is 0 Å². The number of amides is 1. The molecular formula is C18H28N2O5S. The number of nitrogens with zero attached hydrogens (tertiary/aromatic N) is 1. The van der Waals surface area contributed by atoms with E-state index in [1.165, 1.54) is 29.6 Å². The molecule has 26 heavy (non-hydrogen) atoms. The monoisotopic (exact) mass is 384 g/mol. The third kappa shape index (κ3) is 4.96. The highest BCUT2D eigenvalue weighted by Gasteiger charge is 2.29. The van der Waals surface area contributed by atoms with Gasteiger partial charge in [-0.3, -0.25) is 4.79 Å². The van der Waals surface area contributed by atoms with Crippen LogP contribution in [0, 0.1) is 5.92 Å². The number of hydrogen-bond acceptors (Lipinski definition) is 5. The molecule has 1 aliphatic rings. The van der Waals surface area contributed by atoms with Crippen LogP contribution in [0.1, 0.15) is 36.5 Å². The summed E-state index contributed by atoms with van der Waals surface area (Å²) in [6.45, 7) is 4.13. The molecule has 1 aliphatic heterocycles. The zero-order valence-electron chi connectivity index (χ0n) is 15.7. The van der Waals surface area contributed by atoms with Crippen LogP contribution >= 0.6 is 0 Å². The number of piperidine rings is 1. The first-order valence-corrected chi connectivity index (χ1v) is 10.3. The molecular weight excluding hydrogens is 356 g/mol. The lowest BCUT2D eigenvalue weighted by Gasteiger charge is -2.29. The Labute approximate surface area is 155 Å². The van der Waals surface area contributed by atoms with Gasteiger partial charge in [-0.25, -0.2) is 8.42 Å². The second-order valence-corrected chi connectivity index (χ2v) is 8.49. The van der Waals surface area contributed by atoms with E-state index in [9.17, 15) is 13.2 Å². The van der Waals surface area contributed by atoms with E-state index < -0.39 is 10.0 Å². The van der Waals surface area contributed by atoms with E-state index in [4.69, 9.17) is 9.47 Å². The average Bonchev–Trinajstić information content (AvgIpc) is 2.64. The third-order valence-corrected chi connectivity index (χ3v) is 6.50. The summed E-state index contributed by atoms with van der Waals surface area (Å²) in [5.74, 6) is 0.522. The number of carbonyl (C=O) groups excluding carboxylic acids is 1. The fourth-order valence-corrected chi connectivity index (χ4v) is 4.41. The summed E-state index contributed by atoms with van der Waals surface area (Å²) in [5, 5.41) is 2.77. The standard InChI is InChI=1S/C18H28N2O5S/c1-14-7-10-20(11-8-14)26(22,23)15-5-6-17(25-3)16(13-15)18(21)19-9-4-12-24-2/h5-6,13-14H,4,7-12H2,1-3H3,(H,19,21). The van der Waals surface area contributed by atoms with Crippen molar-refractivity contribution in [3.8, 4) is 5.75 Å². The molecule has 1 heterocycles. The average molecular weight is 384 g/mol. The molecule has 1 fully saturated rings. The number of ether oxygens (including phenoxy) is 2. The van der Waals surface area contributed by atoms with Crippen molar-refractivity contribution in [2.24, 2.45) is 5.92 Å². The second-order valence-electron chi connectivity index (χ2n) is 6.55. The Hall–Kier alpha value is -1.64. The molecule has 0 unspecified atom stereocenters. The number of nitrogens with one attached hydrogen (secondary N) is 1. The van der Waals surface area contributed by atoms with E-state index in [-0.39, 0.29) is 16.4 Å². The molecule has 0 bridgehead atoms. The predicted octanol–water partition coefficient (Wildman–Crippen LogP) is 1.88. The van der Waals surface area contributed by atoms with Crippen LogP contribution in [0.4, 0.5) is 0 Å². The normalized spacial score (nSPS) is 16.4. The van der Waals surface area contributed by atoms with E-state index in [0.29, 0.717) is 44.3 Å². The highest BCUT2D eigenvalue weighted by molar-refractivity contribution is 7.89. The lowest BCUT2D eigenvalue weighted by Crippen LogP contribution is -2.38. The third-order valence-electron chi connectivity index (χ3n) is 4.61. The molecule has 1 N–H and O–H groups in total. The second kappa shape index (κ2) is 9.34. The van der Waals surface area contributed by atoms with Crippen molar-refractivity contribution in [3.63, 3.8) is 0 Å². The van der Waals surface area contributed by atoms with E-state index in [1.807, 2.05) is 0 Å². The molecule has 0 aliphatic carbocycles. The molecule has 2 rings (SSSR count). The molecule has 0 atom stereocenters. The zero-order valence-corrected chi connectivity index (χ0v) is 16.5. The van der Waals surface area contributed by atoms with Crippen molar-refractivity contribution in [2.45, 2.75) is 31.1 Å². The first kappa shape index (κ1) is 20.7. The maximum Gasteiger partial charge on any atom is 0.255 e. The van der Waals surface area contributed by atoms with Gasteiger partial charge in [0, 0.05) is 33.4 Å². The number of rotatable bonds is 8. The number of methoxy groups -OCH3 is 2. The van der Waals surface area contributed by atoms with Gasteiger partial charge in [-0.1, -0.05) is 6.92 Å². The van der Waals surface area contributed by atoms with Gasteiger partial charge >= 0.3 is 0 Å². The van der Waals surface area contributed by atoms with Gasteiger partial charge in [0.25, 0.3) is 5.91 Å². The van der Waals surface area contributed by atoms with E-state index in [2.05, 4.69) is 12.2 Å². The minimum Gasteiger partial charge on any atom is -0.496 e. The lowest BCUT2D eigenvalue weighted by atomic mass is 10.0. The topological polar surface area (TPSA) is 84.9 Å². The van der Waals surface area contributed by atoms with Gasteiger partial charge in [-0.15, -0.1) is 0 Å². The largest absolute Gasteiger partial charge is 0.496 e. The van der Waals surface area contributed by atoms with Crippen LogP contribution in [0.5, 0.6) is 5.75 Å². The van der Waals surface area contributed by atoms with Crippen LogP contribution in [0.15, 0.2) is 23.1 Å². The quantitative estimate of drug-likeness (QED) is 0.692. The Balaban J connectivity index is 2.21. The zero-order chi connectivity index (χ0) is 19.2. The maximum atomic E-state index is 12.9. The van der Waals surface area contributed by atoms with Crippen LogP contribution < -0.4 is 10.1 Å². The summed E-state index contributed by atoms with van der Waals surface area (Å²) in [4.78, 5) is 12.6. The molecule has 146 valence electrons. The van der Waals surface area contributed by atoms with Gasteiger partial charge in [-0.05, 0) is 43.4 Å². The maximum absolute atomic E-state index is 12.9. The van der Waals surface area contributed by atoms with Gasteiger partial charge < -0.3 is 14.8 Å². The van der Waals surface area contributed by atoms with Gasteiger partial charge in [0.2, 0.25) is 10.0 Å². The van der Waals surface area contributed by atoms with Crippen molar-refractivity contribution < 1.29 is 22.7 Å². The molecule has 0 saturated carbocycles. The number of sulfonamides is 1. The lowest BCUT2D eigenvalue weighted by molar-refractivity contribution is 0.0945. The van der Waals surface area contributed by atoms with Crippen LogP contribution in [-0.2, 0) is 14.8 Å². The highest BCUT2D eigenvalue weighted by atomic mass is 32.2. The minimum atomic E-state index is -3.62. The fraction of sp³-hybridized carbons (Fsp3) is 0.611. The molecule has 0 aromatic heterocycles. The Kier molecular flexibility index (Phi) is 7.43. The van der Waals surface area contributed by atoms with Gasteiger partial charge in [-0.2, -0.15) is 4.31 Å². The van der Waals surface area contributed by atoms with Crippen LogP contribution in [0.2, 0.25) is 0 Å². The van der Waals surface area contributed by atoms with Crippen LogP contribution in [-0.4, -0.2) is 59.1 Å². The molecule has 0 radical (unpaired) electrons. The Morgan fingerprint density at radius 1 is 1.27 bits per heavy atom. The van der Waals surface area contributed by atoms with Gasteiger partial charge in [0.15, 0.2) is 0 Å². The molecule has 1 aromatic carbocycles. The summed E-state index contributed by atoms with van der Waals surface area (Å²) >= 11 is 0. The summed E-state index contributed by atoms with van der Waals surface area (Å²) in [5.41, 5.74) is 0.219. The first-order valence-electron chi connectivity index (χ1n) is 8.85. The number of benzene rings is 1. The molecule has 1 aromatic rings. The number of carbonyl (C=O) groups is 1. The predicted molar refractivity (Wildman–Crippen MR) is 99.0 cm³/mol. The molecule has 8 heteroatoms. The van der Waals surface area contributed by atoms with E-state index >= 15 is 0 Å². The summed E-state index contributed by atoms with van der Waals surface area (Å²) in [6, 6.07) is 4.43. The highest BCUT2D eigenvalue weighted by Crippen LogP contribution is 2.27. The fourth-order valence-electron chi connectivity index (χ4n) is 2.91. The summed E-state index contributed by atoms with van der Waals surface area (Å²) in [6.07, 6.45) is 2.37. The SMILES string of the molecule is COCCCNC(=O)c1cc(S(=O)(=O)N2CCC(C)CC2)ccc1OC. The minimum absolute atomic E-state index is 0.120. The van der Waals surface area contributed by atoms with Gasteiger partial charge in [0.1, 0.15) is 5.75 Å². The molecule has 1 amide bonds. The Bertz CT molecular complexity index is 712. The Morgan fingerprint density at radius 3 is 2.58 bits per heavy atom. The summed E-state index contributed by atoms with van der Waals surface area (Å²) in [7, 11) is -0.564. The van der Waals surface area contributed by atoms with Crippen LogP contribution in [0.25, 0.3) is 0 Å². The van der Waals surface area contributed by atoms with Crippen molar-refractivity contribution in [1.82, 2.24) is 9.62 Å². The smallest absolute Gasteiger partial charge is 0.255 e. The van der Waals surface area contributed by atoms with Crippen molar-refractivity contribution in [1.29, 1.82) is 0 Å². The molecule has 1 saturated heterocycles. The van der Waals surface area contributed by atoms with Crippen molar-refractivity contribution in [3.05, 3.63) is 23.8 Å². The Morgan fingerprint density at radius 2 is 1.96 bits per heavy atom. The van der Waals surface area contributed by atoms with Crippen molar-refractivity contribution >= 4 is 15.9 Å². The number of hydrogen-bond donors (Lipinski definition) is 1. The summed E-state index contributed by atoms with van der Waals surface area (Å²) < 4.78 is 37.5. The molecule has 0 spiro atoms. The van der Waals surface area contributed by atoms with E-state index in [1.54, 1.807) is 7.11 Å². The molecule has 7 nitrogen and oxygen atoms in total. The first-order chi connectivity index (χ1) is 12.4. The van der Waals surface area contributed by atoms with E-state index in [0.717, 1.165) is 12.8 Å². The van der Waals surface area contributed by atoms with Crippen molar-refractivity contribution in [2.75, 3.05) is 40.5 Å².